The molecule has 0 atom stereocenters. The second-order valence-corrected chi connectivity index (χ2v) is 3.49. The van der Waals surface area contributed by atoms with Gasteiger partial charge in [-0.05, 0) is 24.1 Å². The predicted molar refractivity (Wildman–Crippen MR) is 55.6 cm³/mol. The Balaban J connectivity index is 2.34. The first kappa shape index (κ1) is 10.6. The quantitative estimate of drug-likeness (QED) is 0.744. The highest BCUT2D eigenvalue weighted by molar-refractivity contribution is 5.91. The molecule has 3 nitrogen and oxygen atoms in total. The molecule has 0 saturated carbocycles. The number of hydrogen-bond donors (Lipinski definition) is 1. The summed E-state index contributed by atoms with van der Waals surface area (Å²) in [5.74, 6) is 1.07. The van der Waals surface area contributed by atoms with Gasteiger partial charge in [0, 0.05) is 12.6 Å². The highest BCUT2D eigenvalue weighted by atomic mass is 16.3. The summed E-state index contributed by atoms with van der Waals surface area (Å²) >= 11 is 0. The van der Waals surface area contributed by atoms with E-state index in [1.807, 2.05) is 0 Å². The van der Waals surface area contributed by atoms with Crippen LogP contribution in [0.3, 0.4) is 0 Å². The van der Waals surface area contributed by atoms with Gasteiger partial charge in [-0.15, -0.1) is 0 Å². The Morgan fingerprint density at radius 3 is 3.00 bits per heavy atom. The molecule has 0 bridgehead atoms. The second kappa shape index (κ2) is 5.27. The Labute approximate surface area is 83.8 Å². The normalized spacial score (nSPS) is 11.1. The maximum atomic E-state index is 11.2. The fraction of sp³-hybridized carbons (Fsp3) is 0.364. The molecule has 0 unspecified atom stereocenters. The van der Waals surface area contributed by atoms with Crippen molar-refractivity contribution in [3.63, 3.8) is 0 Å². The number of rotatable bonds is 4. The van der Waals surface area contributed by atoms with E-state index >= 15 is 0 Å². The van der Waals surface area contributed by atoms with Gasteiger partial charge in [0.2, 0.25) is 5.91 Å². The molecule has 0 aliphatic carbocycles. The van der Waals surface area contributed by atoms with Crippen molar-refractivity contribution >= 4 is 12.0 Å². The monoisotopic (exact) mass is 193 g/mol. The average molecular weight is 193 g/mol. The molecule has 0 aromatic carbocycles. The molecule has 0 saturated heterocycles. The SMILES string of the molecule is CC(C)CNC(=O)/C=C/c1ccco1. The van der Waals surface area contributed by atoms with Crippen LogP contribution in [-0.4, -0.2) is 12.5 Å². The summed E-state index contributed by atoms with van der Waals surface area (Å²) < 4.78 is 5.04. The van der Waals surface area contributed by atoms with Gasteiger partial charge in [0.05, 0.1) is 6.26 Å². The van der Waals surface area contributed by atoms with Crippen LogP contribution in [0.15, 0.2) is 28.9 Å². The molecule has 1 amide bonds. The molecular weight excluding hydrogens is 178 g/mol. The number of carbonyl (C=O) groups is 1. The predicted octanol–water partition coefficient (Wildman–Crippen LogP) is 2.06. The van der Waals surface area contributed by atoms with E-state index in [0.29, 0.717) is 18.2 Å². The summed E-state index contributed by atoms with van der Waals surface area (Å²) in [5, 5.41) is 2.78. The van der Waals surface area contributed by atoms with Crippen LogP contribution >= 0.6 is 0 Å². The van der Waals surface area contributed by atoms with Crippen LogP contribution < -0.4 is 5.32 Å². The number of amides is 1. The molecule has 3 heteroatoms. The van der Waals surface area contributed by atoms with Crippen LogP contribution in [0, 0.1) is 5.92 Å². The fourth-order valence-corrected chi connectivity index (χ4v) is 0.908. The smallest absolute Gasteiger partial charge is 0.244 e. The van der Waals surface area contributed by atoms with Crippen molar-refractivity contribution in [2.45, 2.75) is 13.8 Å². The molecular formula is C11H15NO2. The molecule has 0 aliphatic heterocycles. The number of furan rings is 1. The van der Waals surface area contributed by atoms with E-state index in [1.54, 1.807) is 24.5 Å². The van der Waals surface area contributed by atoms with E-state index < -0.39 is 0 Å². The van der Waals surface area contributed by atoms with Gasteiger partial charge in [-0.1, -0.05) is 13.8 Å². The van der Waals surface area contributed by atoms with Crippen LogP contribution in [0.1, 0.15) is 19.6 Å². The maximum Gasteiger partial charge on any atom is 0.244 e. The minimum atomic E-state index is -0.0879. The van der Waals surface area contributed by atoms with Gasteiger partial charge in [0.25, 0.3) is 0 Å². The van der Waals surface area contributed by atoms with Crippen molar-refractivity contribution in [1.29, 1.82) is 0 Å². The van der Waals surface area contributed by atoms with Crippen molar-refractivity contribution in [3.05, 3.63) is 30.2 Å². The van der Waals surface area contributed by atoms with Gasteiger partial charge < -0.3 is 9.73 Å². The third-order valence-corrected chi connectivity index (χ3v) is 1.63. The van der Waals surface area contributed by atoms with E-state index in [1.165, 1.54) is 6.08 Å². The lowest BCUT2D eigenvalue weighted by Crippen LogP contribution is -2.25. The third-order valence-electron chi connectivity index (χ3n) is 1.63. The standard InChI is InChI=1S/C11H15NO2/c1-9(2)8-12-11(13)6-5-10-4-3-7-14-10/h3-7,9H,8H2,1-2H3,(H,12,13)/b6-5+. The van der Waals surface area contributed by atoms with Gasteiger partial charge >= 0.3 is 0 Å². The first-order chi connectivity index (χ1) is 6.68. The van der Waals surface area contributed by atoms with Crippen LogP contribution in [0.4, 0.5) is 0 Å². The Kier molecular flexibility index (Phi) is 3.98. The van der Waals surface area contributed by atoms with Gasteiger partial charge in [0.1, 0.15) is 5.76 Å². The summed E-state index contributed by atoms with van der Waals surface area (Å²) in [5.41, 5.74) is 0. The Hall–Kier alpha value is -1.51. The van der Waals surface area contributed by atoms with Crippen molar-refractivity contribution < 1.29 is 9.21 Å². The molecule has 1 aromatic heterocycles. The molecule has 0 radical (unpaired) electrons. The van der Waals surface area contributed by atoms with E-state index in [-0.39, 0.29) is 5.91 Å². The Bertz CT molecular complexity index is 299. The van der Waals surface area contributed by atoms with Crippen LogP contribution in [0.2, 0.25) is 0 Å². The summed E-state index contributed by atoms with van der Waals surface area (Å²) in [7, 11) is 0. The van der Waals surface area contributed by atoms with Crippen LogP contribution in [0.5, 0.6) is 0 Å². The maximum absolute atomic E-state index is 11.2. The first-order valence-corrected chi connectivity index (χ1v) is 4.68. The van der Waals surface area contributed by atoms with Gasteiger partial charge in [0.15, 0.2) is 0 Å². The largest absolute Gasteiger partial charge is 0.465 e. The topological polar surface area (TPSA) is 42.2 Å². The molecule has 0 aliphatic rings. The first-order valence-electron chi connectivity index (χ1n) is 4.68. The van der Waals surface area contributed by atoms with E-state index in [9.17, 15) is 4.79 Å². The second-order valence-electron chi connectivity index (χ2n) is 3.49. The van der Waals surface area contributed by atoms with Gasteiger partial charge in [-0.3, -0.25) is 4.79 Å². The van der Waals surface area contributed by atoms with Crippen molar-refractivity contribution in [2.24, 2.45) is 5.92 Å². The zero-order valence-electron chi connectivity index (χ0n) is 8.49. The summed E-state index contributed by atoms with van der Waals surface area (Å²) in [6.45, 7) is 4.80. The zero-order chi connectivity index (χ0) is 10.4. The highest BCUT2D eigenvalue weighted by Gasteiger charge is 1.97. The van der Waals surface area contributed by atoms with Crippen LogP contribution in [-0.2, 0) is 4.79 Å². The lowest BCUT2D eigenvalue weighted by Gasteiger charge is -2.03. The summed E-state index contributed by atoms with van der Waals surface area (Å²) in [4.78, 5) is 11.2. The number of hydrogen-bond acceptors (Lipinski definition) is 2. The Morgan fingerprint density at radius 1 is 1.64 bits per heavy atom. The van der Waals surface area contributed by atoms with Crippen molar-refractivity contribution in [1.82, 2.24) is 5.32 Å². The highest BCUT2D eigenvalue weighted by Crippen LogP contribution is 2.01. The van der Waals surface area contributed by atoms with Crippen molar-refractivity contribution in [3.8, 4) is 0 Å². The minimum Gasteiger partial charge on any atom is -0.465 e. The van der Waals surface area contributed by atoms with Crippen molar-refractivity contribution in [2.75, 3.05) is 6.54 Å². The lowest BCUT2D eigenvalue weighted by molar-refractivity contribution is -0.116. The van der Waals surface area contributed by atoms with E-state index in [2.05, 4.69) is 19.2 Å². The molecule has 1 rings (SSSR count). The number of nitrogens with one attached hydrogen (secondary N) is 1. The molecule has 1 N–H and O–H groups in total. The van der Waals surface area contributed by atoms with Crippen LogP contribution in [0.25, 0.3) is 6.08 Å². The molecule has 0 spiro atoms. The molecule has 76 valence electrons. The zero-order valence-corrected chi connectivity index (χ0v) is 8.49. The molecule has 1 aromatic rings. The van der Waals surface area contributed by atoms with E-state index in [4.69, 9.17) is 4.42 Å². The third kappa shape index (κ3) is 3.94. The summed E-state index contributed by atoms with van der Waals surface area (Å²) in [6, 6.07) is 3.58. The molecule has 0 fully saturated rings. The van der Waals surface area contributed by atoms with Gasteiger partial charge in [-0.25, -0.2) is 0 Å². The molecule has 14 heavy (non-hydrogen) atoms. The molecule has 1 heterocycles. The average Bonchev–Trinajstić information content (AvgIpc) is 2.63. The van der Waals surface area contributed by atoms with E-state index in [0.717, 1.165) is 0 Å². The van der Waals surface area contributed by atoms with Gasteiger partial charge in [-0.2, -0.15) is 0 Å². The minimum absolute atomic E-state index is 0.0879. The summed E-state index contributed by atoms with van der Waals surface area (Å²) in [6.07, 6.45) is 4.70. The fourth-order valence-electron chi connectivity index (χ4n) is 0.908. The number of carbonyl (C=O) groups excluding carboxylic acids is 1. The Morgan fingerprint density at radius 2 is 2.43 bits per heavy atom. The lowest BCUT2D eigenvalue weighted by atomic mass is 10.2.